The van der Waals surface area contributed by atoms with Crippen molar-refractivity contribution in [3.05, 3.63) is 89.4 Å². The Hall–Kier alpha value is -3.42. The van der Waals surface area contributed by atoms with Crippen LogP contribution in [0.4, 0.5) is 5.69 Å². The van der Waals surface area contributed by atoms with Gasteiger partial charge in [0.1, 0.15) is 12.4 Å². The van der Waals surface area contributed by atoms with Crippen LogP contribution in [0.25, 0.3) is 0 Å². The lowest BCUT2D eigenvalue weighted by Crippen LogP contribution is -2.36. The third-order valence-corrected chi connectivity index (χ3v) is 5.58. The summed E-state index contributed by atoms with van der Waals surface area (Å²) in [5, 5.41) is 19.5. The third-order valence-electron chi connectivity index (χ3n) is 5.58. The van der Waals surface area contributed by atoms with Crippen LogP contribution in [-0.4, -0.2) is 34.7 Å². The molecule has 2 heterocycles. The largest absolute Gasteiger partial charge is 0.475 e. The average Bonchev–Trinajstić information content (AvgIpc) is 3.42. The van der Waals surface area contributed by atoms with E-state index in [0.29, 0.717) is 31.6 Å². The summed E-state index contributed by atoms with van der Waals surface area (Å²) in [7, 11) is 0. The molecule has 1 unspecified atom stereocenters. The van der Waals surface area contributed by atoms with Gasteiger partial charge in [0, 0.05) is 18.5 Å². The number of carboxylic acids is 1. The van der Waals surface area contributed by atoms with Gasteiger partial charge < -0.3 is 24.3 Å². The van der Waals surface area contributed by atoms with Gasteiger partial charge in [-0.1, -0.05) is 42.5 Å². The summed E-state index contributed by atoms with van der Waals surface area (Å²) in [5.41, 5.74) is 2.62. The molecule has 4 rings (SSSR count). The number of aliphatic hydroxyl groups excluding tert-OH is 1. The zero-order chi connectivity index (χ0) is 22.5. The Balaban J connectivity index is 1.36. The van der Waals surface area contributed by atoms with E-state index in [2.05, 4.69) is 0 Å². The number of benzene rings is 2. The molecular formula is C25H25NO6. The minimum absolute atomic E-state index is 0.0300. The Morgan fingerprint density at radius 3 is 2.53 bits per heavy atom. The van der Waals surface area contributed by atoms with Crippen LogP contribution in [0.5, 0.6) is 0 Å². The molecule has 1 amide bonds. The number of nitrogens with zero attached hydrogens (tertiary/aromatic N) is 1. The van der Waals surface area contributed by atoms with Gasteiger partial charge in [-0.25, -0.2) is 4.79 Å². The second-order valence-corrected chi connectivity index (χ2v) is 7.84. The van der Waals surface area contributed by atoms with Crippen LogP contribution < -0.4 is 4.90 Å². The van der Waals surface area contributed by atoms with Crippen molar-refractivity contribution < 1.29 is 29.0 Å². The van der Waals surface area contributed by atoms with E-state index in [4.69, 9.17) is 14.3 Å². The molecular weight excluding hydrogens is 410 g/mol. The standard InChI is InChI=1S/C25H25NO6/c27-22(14-17-4-2-1-3-5-17)18-6-8-19(9-7-18)26-20(10-13-24(26)28)15-31-16-21-11-12-23(32-21)25(29)30/h1-9,11-12,20,22,27H,10,13-16H2,(H,29,30)/t20?,22-/m0/s1. The summed E-state index contributed by atoms with van der Waals surface area (Å²) in [6.07, 6.45) is 1.02. The summed E-state index contributed by atoms with van der Waals surface area (Å²) in [4.78, 5) is 25.1. The molecule has 2 aromatic carbocycles. The highest BCUT2D eigenvalue weighted by molar-refractivity contribution is 5.96. The van der Waals surface area contributed by atoms with Gasteiger partial charge >= 0.3 is 5.97 Å². The molecule has 7 heteroatoms. The van der Waals surface area contributed by atoms with Crippen molar-refractivity contribution >= 4 is 17.6 Å². The summed E-state index contributed by atoms with van der Waals surface area (Å²) in [6.45, 7) is 0.448. The van der Waals surface area contributed by atoms with Crippen LogP contribution in [0, 0.1) is 0 Å². The monoisotopic (exact) mass is 435 g/mol. The number of carbonyl (C=O) groups excluding carboxylic acids is 1. The second kappa shape index (κ2) is 9.80. The van der Waals surface area contributed by atoms with Gasteiger partial charge in [-0.2, -0.15) is 0 Å². The summed E-state index contributed by atoms with van der Waals surface area (Å²) < 4.78 is 10.9. The lowest BCUT2D eigenvalue weighted by Gasteiger charge is -2.25. The van der Waals surface area contributed by atoms with Gasteiger partial charge in [-0.15, -0.1) is 0 Å². The fourth-order valence-corrected chi connectivity index (χ4v) is 3.93. The number of hydrogen-bond acceptors (Lipinski definition) is 5. The smallest absolute Gasteiger partial charge is 0.371 e. The summed E-state index contributed by atoms with van der Waals surface area (Å²) in [5.74, 6) is -0.797. The zero-order valence-corrected chi connectivity index (χ0v) is 17.5. The first kappa shape index (κ1) is 21.8. The molecule has 0 radical (unpaired) electrons. The lowest BCUT2D eigenvalue weighted by molar-refractivity contribution is -0.117. The molecule has 0 saturated carbocycles. The fraction of sp³-hybridized carbons (Fsp3) is 0.280. The predicted molar refractivity (Wildman–Crippen MR) is 117 cm³/mol. The Kier molecular flexibility index (Phi) is 6.68. The molecule has 7 nitrogen and oxygen atoms in total. The van der Waals surface area contributed by atoms with Crippen molar-refractivity contribution in [1.82, 2.24) is 0 Å². The molecule has 1 aliphatic rings. The maximum Gasteiger partial charge on any atom is 0.371 e. The number of aliphatic hydroxyl groups is 1. The molecule has 0 bridgehead atoms. The molecule has 1 fully saturated rings. The molecule has 32 heavy (non-hydrogen) atoms. The summed E-state index contributed by atoms with van der Waals surface area (Å²) >= 11 is 0. The second-order valence-electron chi connectivity index (χ2n) is 7.84. The first-order valence-electron chi connectivity index (χ1n) is 10.5. The van der Waals surface area contributed by atoms with E-state index >= 15 is 0 Å². The Labute approximate surface area is 185 Å². The maximum atomic E-state index is 12.5. The molecule has 0 aliphatic carbocycles. The topological polar surface area (TPSA) is 100 Å². The first-order chi connectivity index (χ1) is 15.5. The van der Waals surface area contributed by atoms with E-state index in [1.807, 2.05) is 54.6 Å². The average molecular weight is 435 g/mol. The molecule has 2 atom stereocenters. The van der Waals surface area contributed by atoms with E-state index in [0.717, 1.165) is 16.8 Å². The van der Waals surface area contributed by atoms with Crippen LogP contribution in [0.15, 0.2) is 71.1 Å². The lowest BCUT2D eigenvalue weighted by atomic mass is 10.0. The Morgan fingerprint density at radius 2 is 1.84 bits per heavy atom. The summed E-state index contributed by atoms with van der Waals surface area (Å²) in [6, 6.07) is 20.1. The molecule has 0 spiro atoms. The number of anilines is 1. The van der Waals surface area contributed by atoms with E-state index in [1.54, 1.807) is 11.0 Å². The zero-order valence-electron chi connectivity index (χ0n) is 17.5. The number of amides is 1. The van der Waals surface area contributed by atoms with Gasteiger partial charge in [0.15, 0.2) is 0 Å². The van der Waals surface area contributed by atoms with Crippen molar-refractivity contribution in [2.24, 2.45) is 0 Å². The SMILES string of the molecule is O=C(O)c1ccc(COCC2CCC(=O)N2c2ccc([C@@H](O)Cc3ccccc3)cc2)o1. The van der Waals surface area contributed by atoms with Crippen molar-refractivity contribution in [3.63, 3.8) is 0 Å². The van der Waals surface area contributed by atoms with Crippen molar-refractivity contribution in [1.29, 1.82) is 0 Å². The number of hydrogen-bond donors (Lipinski definition) is 2. The van der Waals surface area contributed by atoms with E-state index in [-0.39, 0.29) is 24.3 Å². The Bertz CT molecular complexity index is 1060. The number of aromatic carboxylic acids is 1. The van der Waals surface area contributed by atoms with Gasteiger partial charge in [-0.05, 0) is 41.8 Å². The van der Waals surface area contributed by atoms with Gasteiger partial charge in [-0.3, -0.25) is 4.79 Å². The minimum Gasteiger partial charge on any atom is -0.475 e. The molecule has 1 aliphatic heterocycles. The molecule has 1 saturated heterocycles. The van der Waals surface area contributed by atoms with Gasteiger partial charge in [0.05, 0.1) is 18.8 Å². The highest BCUT2D eigenvalue weighted by Gasteiger charge is 2.32. The van der Waals surface area contributed by atoms with Gasteiger partial charge in [0.2, 0.25) is 11.7 Å². The number of ether oxygens (including phenoxy) is 1. The molecule has 166 valence electrons. The molecule has 1 aromatic heterocycles. The van der Waals surface area contributed by atoms with Crippen molar-refractivity contribution in [3.8, 4) is 0 Å². The van der Waals surface area contributed by atoms with Crippen molar-refractivity contribution in [2.45, 2.75) is 38.0 Å². The maximum absolute atomic E-state index is 12.5. The highest BCUT2D eigenvalue weighted by atomic mass is 16.5. The third kappa shape index (κ3) is 5.07. The number of carboxylic acid groups (broad SMARTS) is 1. The predicted octanol–water partition coefficient (Wildman–Crippen LogP) is 3.97. The van der Waals surface area contributed by atoms with E-state index in [1.165, 1.54) is 6.07 Å². The van der Waals surface area contributed by atoms with E-state index in [9.17, 15) is 14.7 Å². The molecule has 2 N–H and O–H groups in total. The van der Waals surface area contributed by atoms with E-state index < -0.39 is 12.1 Å². The van der Waals surface area contributed by atoms with Crippen LogP contribution in [0.1, 0.15) is 46.4 Å². The number of furan rings is 1. The minimum atomic E-state index is -1.12. The fourth-order valence-electron chi connectivity index (χ4n) is 3.93. The first-order valence-corrected chi connectivity index (χ1v) is 10.5. The van der Waals surface area contributed by atoms with Crippen LogP contribution in [0.2, 0.25) is 0 Å². The van der Waals surface area contributed by atoms with Crippen LogP contribution in [-0.2, 0) is 22.6 Å². The van der Waals surface area contributed by atoms with Gasteiger partial charge in [0.25, 0.3) is 0 Å². The quantitative estimate of drug-likeness (QED) is 0.528. The van der Waals surface area contributed by atoms with Crippen molar-refractivity contribution in [2.75, 3.05) is 11.5 Å². The Morgan fingerprint density at radius 1 is 1.09 bits per heavy atom. The highest BCUT2D eigenvalue weighted by Crippen LogP contribution is 2.29. The number of rotatable bonds is 9. The molecule has 3 aromatic rings. The number of carbonyl (C=O) groups is 2. The van der Waals surface area contributed by atoms with Crippen LogP contribution >= 0.6 is 0 Å². The van der Waals surface area contributed by atoms with Crippen LogP contribution in [0.3, 0.4) is 0 Å². The normalized spacial score (nSPS) is 17.0.